The van der Waals surface area contributed by atoms with E-state index in [0.717, 1.165) is 46.6 Å². The number of nitrogens with one attached hydrogen (secondary N) is 1. The normalized spacial score (nSPS) is 18.9. The van der Waals surface area contributed by atoms with Gasteiger partial charge in [0.25, 0.3) is 5.91 Å². The molecule has 24 heavy (non-hydrogen) atoms. The summed E-state index contributed by atoms with van der Waals surface area (Å²) in [6, 6.07) is 5.91. The van der Waals surface area contributed by atoms with Crippen molar-refractivity contribution >= 4 is 11.6 Å². The highest BCUT2D eigenvalue weighted by Gasteiger charge is 2.18. The number of aryl methyl sites for hydroxylation is 2. The average Bonchev–Trinajstić information content (AvgIpc) is 2.53. The van der Waals surface area contributed by atoms with Crippen molar-refractivity contribution in [2.45, 2.75) is 40.5 Å². The number of rotatable bonds is 5. The van der Waals surface area contributed by atoms with Gasteiger partial charge in [-0.1, -0.05) is 36.4 Å². The molecule has 1 aliphatic rings. The molecule has 0 heterocycles. The van der Waals surface area contributed by atoms with Gasteiger partial charge in [-0.3, -0.25) is 4.79 Å². The highest BCUT2D eigenvalue weighted by Crippen LogP contribution is 2.26. The van der Waals surface area contributed by atoms with Crippen LogP contribution in [-0.4, -0.2) is 18.2 Å². The number of carbonyl (C=O) groups is 1. The highest BCUT2D eigenvalue weighted by molar-refractivity contribution is 6.01. The molecule has 1 unspecified atom stereocenters. The Labute approximate surface area is 144 Å². The molecular weight excluding hydrogens is 300 g/mol. The number of carbonyl (C=O) groups excluding carboxylic acids is 1. The van der Waals surface area contributed by atoms with Crippen LogP contribution in [0.15, 0.2) is 47.1 Å². The monoisotopic (exact) mass is 326 g/mol. The van der Waals surface area contributed by atoms with E-state index in [-0.39, 0.29) is 12.5 Å². The molecule has 1 amide bonds. The Kier molecular flexibility index (Phi) is 5.96. The molecule has 0 bridgehead atoms. The van der Waals surface area contributed by atoms with Crippen molar-refractivity contribution in [1.82, 2.24) is 5.43 Å². The number of hydrogen-bond acceptors (Lipinski definition) is 3. The van der Waals surface area contributed by atoms with Crippen LogP contribution in [0.1, 0.15) is 37.8 Å². The van der Waals surface area contributed by atoms with E-state index in [1.807, 2.05) is 45.9 Å². The molecule has 1 atom stereocenters. The summed E-state index contributed by atoms with van der Waals surface area (Å²) in [5.74, 6) is 0.905. The maximum Gasteiger partial charge on any atom is 0.277 e. The minimum atomic E-state index is -0.254. The molecule has 0 aliphatic heterocycles. The van der Waals surface area contributed by atoms with Crippen LogP contribution in [0.2, 0.25) is 0 Å². The maximum atomic E-state index is 12.0. The predicted molar refractivity (Wildman–Crippen MR) is 98.3 cm³/mol. The molecule has 4 heteroatoms. The van der Waals surface area contributed by atoms with E-state index in [2.05, 4.69) is 23.2 Å². The van der Waals surface area contributed by atoms with Gasteiger partial charge in [-0.05, 0) is 63.2 Å². The third-order valence-corrected chi connectivity index (χ3v) is 4.37. The zero-order chi connectivity index (χ0) is 17.7. The average molecular weight is 326 g/mol. The number of allylic oxidation sites excluding steroid dienone is 3. The first-order valence-electron chi connectivity index (χ1n) is 8.25. The van der Waals surface area contributed by atoms with Gasteiger partial charge in [-0.25, -0.2) is 5.43 Å². The standard InChI is InChI=1S/C20H26N2O2/c1-13(2)17-10-9-14(3)18(11-17)21-22-19(23)12-24-20-15(4)7-6-8-16(20)5/h6-9,17H,1,10-12H2,2-5H3,(H,22,23). The van der Waals surface area contributed by atoms with E-state index >= 15 is 0 Å². The van der Waals surface area contributed by atoms with E-state index in [0.29, 0.717) is 5.92 Å². The fourth-order valence-corrected chi connectivity index (χ4v) is 2.75. The molecule has 0 spiro atoms. The van der Waals surface area contributed by atoms with Gasteiger partial charge in [0.15, 0.2) is 6.61 Å². The van der Waals surface area contributed by atoms with Crippen LogP contribution in [0.5, 0.6) is 5.75 Å². The summed E-state index contributed by atoms with van der Waals surface area (Å²) < 4.78 is 5.65. The number of hydrogen-bond donors (Lipinski definition) is 1. The summed E-state index contributed by atoms with van der Waals surface area (Å²) in [6.45, 7) is 12.0. The number of benzene rings is 1. The maximum absolute atomic E-state index is 12.0. The molecule has 0 radical (unpaired) electrons. The van der Waals surface area contributed by atoms with Crippen molar-refractivity contribution in [3.63, 3.8) is 0 Å². The Hall–Kier alpha value is -2.36. The molecule has 128 valence electrons. The van der Waals surface area contributed by atoms with Crippen LogP contribution in [-0.2, 0) is 4.79 Å². The third kappa shape index (κ3) is 4.57. The van der Waals surface area contributed by atoms with Crippen molar-refractivity contribution in [2.75, 3.05) is 6.61 Å². The SMILES string of the molecule is C=C(C)C1CC=C(C)C(=NNC(=O)COc2c(C)cccc2C)C1. The van der Waals surface area contributed by atoms with E-state index in [1.165, 1.54) is 0 Å². The Balaban J connectivity index is 1.94. The lowest BCUT2D eigenvalue weighted by Crippen LogP contribution is -2.27. The second-order valence-corrected chi connectivity index (χ2v) is 6.47. The predicted octanol–water partition coefficient (Wildman–Crippen LogP) is 4.09. The minimum Gasteiger partial charge on any atom is -0.483 e. The molecule has 0 aromatic heterocycles. The molecule has 2 rings (SSSR count). The van der Waals surface area contributed by atoms with Crippen LogP contribution in [0.3, 0.4) is 0 Å². The Bertz CT molecular complexity index is 681. The van der Waals surface area contributed by atoms with Gasteiger partial charge in [-0.15, -0.1) is 0 Å². The number of para-hydroxylation sites is 1. The highest BCUT2D eigenvalue weighted by atomic mass is 16.5. The van der Waals surface area contributed by atoms with Gasteiger partial charge in [0, 0.05) is 0 Å². The summed E-state index contributed by atoms with van der Waals surface area (Å²) in [5, 5.41) is 4.28. The first-order valence-corrected chi connectivity index (χ1v) is 8.25. The quantitative estimate of drug-likeness (QED) is 0.654. The fraction of sp³-hybridized carbons (Fsp3) is 0.400. The third-order valence-electron chi connectivity index (χ3n) is 4.37. The lowest BCUT2D eigenvalue weighted by atomic mass is 9.85. The van der Waals surface area contributed by atoms with E-state index in [1.54, 1.807) is 0 Å². The number of ether oxygens (including phenoxy) is 1. The lowest BCUT2D eigenvalue weighted by Gasteiger charge is -2.22. The first kappa shape index (κ1) is 18.0. The summed E-state index contributed by atoms with van der Waals surface area (Å²) in [7, 11) is 0. The lowest BCUT2D eigenvalue weighted by molar-refractivity contribution is -0.123. The summed E-state index contributed by atoms with van der Waals surface area (Å²) in [5.41, 5.74) is 7.82. The largest absolute Gasteiger partial charge is 0.483 e. The molecule has 1 N–H and O–H groups in total. The smallest absolute Gasteiger partial charge is 0.277 e. The van der Waals surface area contributed by atoms with Crippen molar-refractivity contribution in [2.24, 2.45) is 11.0 Å². The van der Waals surface area contributed by atoms with Crippen LogP contribution in [0, 0.1) is 19.8 Å². The topological polar surface area (TPSA) is 50.7 Å². The van der Waals surface area contributed by atoms with Crippen LogP contribution >= 0.6 is 0 Å². The summed E-state index contributed by atoms with van der Waals surface area (Å²) in [6.07, 6.45) is 3.96. The number of hydrazone groups is 1. The Morgan fingerprint density at radius 2 is 2.00 bits per heavy atom. The second-order valence-electron chi connectivity index (χ2n) is 6.47. The Morgan fingerprint density at radius 1 is 1.33 bits per heavy atom. The van der Waals surface area contributed by atoms with Crippen molar-refractivity contribution in [1.29, 1.82) is 0 Å². The second kappa shape index (κ2) is 7.95. The molecular formula is C20H26N2O2. The number of amides is 1. The summed E-state index contributed by atoms with van der Waals surface area (Å²) in [4.78, 5) is 12.0. The van der Waals surface area contributed by atoms with Crippen molar-refractivity contribution < 1.29 is 9.53 Å². The van der Waals surface area contributed by atoms with Gasteiger partial charge in [-0.2, -0.15) is 5.10 Å². The van der Waals surface area contributed by atoms with Gasteiger partial charge in [0.05, 0.1) is 5.71 Å². The molecule has 0 fully saturated rings. The fourth-order valence-electron chi connectivity index (χ4n) is 2.75. The van der Waals surface area contributed by atoms with Crippen molar-refractivity contribution in [3.05, 3.63) is 53.1 Å². The zero-order valence-corrected chi connectivity index (χ0v) is 15.0. The molecule has 1 aromatic carbocycles. The van der Waals surface area contributed by atoms with E-state index < -0.39 is 0 Å². The van der Waals surface area contributed by atoms with Gasteiger partial charge in [0.2, 0.25) is 0 Å². The van der Waals surface area contributed by atoms with E-state index in [4.69, 9.17) is 4.74 Å². The number of nitrogens with zero attached hydrogens (tertiary/aromatic N) is 1. The molecule has 1 aromatic rings. The zero-order valence-electron chi connectivity index (χ0n) is 15.0. The summed E-state index contributed by atoms with van der Waals surface area (Å²) >= 11 is 0. The first-order chi connectivity index (χ1) is 11.4. The molecule has 1 aliphatic carbocycles. The van der Waals surface area contributed by atoms with Crippen LogP contribution in [0.25, 0.3) is 0 Å². The van der Waals surface area contributed by atoms with Gasteiger partial charge >= 0.3 is 0 Å². The van der Waals surface area contributed by atoms with Gasteiger partial charge in [0.1, 0.15) is 5.75 Å². The van der Waals surface area contributed by atoms with E-state index in [9.17, 15) is 4.79 Å². The van der Waals surface area contributed by atoms with Gasteiger partial charge < -0.3 is 4.74 Å². The van der Waals surface area contributed by atoms with Crippen molar-refractivity contribution in [3.8, 4) is 5.75 Å². The minimum absolute atomic E-state index is 0.0465. The van der Waals surface area contributed by atoms with Crippen LogP contribution < -0.4 is 10.2 Å². The molecule has 4 nitrogen and oxygen atoms in total. The molecule has 0 saturated carbocycles. The van der Waals surface area contributed by atoms with Crippen LogP contribution in [0.4, 0.5) is 0 Å². The Morgan fingerprint density at radius 3 is 2.62 bits per heavy atom. The molecule has 0 saturated heterocycles.